The van der Waals surface area contributed by atoms with Gasteiger partial charge < -0.3 is 0 Å². The van der Waals surface area contributed by atoms with Gasteiger partial charge in [-0.05, 0) is 0 Å². The molecule has 0 heterocycles. The van der Waals surface area contributed by atoms with Crippen molar-refractivity contribution >= 4 is 5.91 Å². The van der Waals surface area contributed by atoms with E-state index < -0.39 is 28.9 Å². The number of hydroxylamine groups is 1. The van der Waals surface area contributed by atoms with Crippen LogP contribution >= 0.6 is 0 Å². The third-order valence-corrected chi connectivity index (χ3v) is 1.34. The molecule has 1 rings (SSSR count). The van der Waals surface area contributed by atoms with Crippen molar-refractivity contribution in [3.05, 3.63) is 35.1 Å². The van der Waals surface area contributed by atoms with E-state index in [1.165, 1.54) is 0 Å². The number of rotatable bonds is 1. The fourth-order valence-electron chi connectivity index (χ4n) is 0.815. The first-order valence-electron chi connectivity index (χ1n) is 3.15. The van der Waals surface area contributed by atoms with Crippen LogP contribution < -0.4 is 5.48 Å². The van der Waals surface area contributed by atoms with Gasteiger partial charge in [0.05, 0.1) is 0 Å². The van der Waals surface area contributed by atoms with Crippen LogP contribution in [0.25, 0.3) is 0 Å². The number of hydrogen-bond acceptors (Lipinski definition) is 2. The van der Waals surface area contributed by atoms with Gasteiger partial charge in [0.25, 0.3) is 5.91 Å². The summed E-state index contributed by atoms with van der Waals surface area (Å²) in [5, 5.41) is 8.08. The maximum Gasteiger partial charge on any atom is 0.280 e. The van der Waals surface area contributed by atoms with Gasteiger partial charge in [-0.15, -0.1) is 0 Å². The van der Waals surface area contributed by atoms with E-state index in [1.54, 1.807) is 0 Å². The first-order chi connectivity index (χ1) is 6.06. The van der Waals surface area contributed by atoms with Crippen LogP contribution in [-0.2, 0) is 0 Å². The van der Waals surface area contributed by atoms with Crippen LogP contribution in [0.2, 0.25) is 0 Å². The Morgan fingerprint density at radius 1 is 1.23 bits per heavy atom. The van der Waals surface area contributed by atoms with E-state index in [9.17, 15) is 18.0 Å². The second kappa shape index (κ2) is 3.44. The fraction of sp³-hybridized carbons (Fsp3) is 0. The molecule has 70 valence electrons. The maximum atomic E-state index is 12.7. The zero-order valence-electron chi connectivity index (χ0n) is 6.14. The highest BCUT2D eigenvalue weighted by atomic mass is 19.1. The lowest BCUT2D eigenvalue weighted by Crippen LogP contribution is -2.21. The summed E-state index contributed by atoms with van der Waals surface area (Å²) in [5.74, 6) is -5.24. The number of amides is 1. The molecular weight excluding hydrogens is 187 g/mol. The molecule has 0 fully saturated rings. The molecule has 0 aliphatic carbocycles. The Morgan fingerprint density at radius 2 is 1.69 bits per heavy atom. The quantitative estimate of drug-likeness (QED) is 0.518. The number of carbonyl (C=O) groups is 1. The summed E-state index contributed by atoms with van der Waals surface area (Å²) in [6, 6.07) is 0.682. The summed E-state index contributed by atoms with van der Waals surface area (Å²) in [7, 11) is 0. The molecule has 0 radical (unpaired) electrons. The van der Waals surface area contributed by atoms with E-state index in [0.29, 0.717) is 12.1 Å². The van der Waals surface area contributed by atoms with Crippen molar-refractivity contribution in [1.82, 2.24) is 5.48 Å². The molecule has 0 bridgehead atoms. The molecule has 1 aromatic carbocycles. The average Bonchev–Trinajstić information content (AvgIpc) is 2.02. The molecule has 0 aliphatic rings. The molecular formula is C7H4F3NO2. The van der Waals surface area contributed by atoms with Crippen LogP contribution in [0.5, 0.6) is 0 Å². The molecule has 0 atom stereocenters. The van der Waals surface area contributed by atoms with Crippen LogP contribution in [0, 0.1) is 17.5 Å². The highest BCUT2D eigenvalue weighted by molar-refractivity contribution is 5.93. The smallest absolute Gasteiger partial charge is 0.280 e. The van der Waals surface area contributed by atoms with E-state index in [4.69, 9.17) is 5.21 Å². The Hall–Kier alpha value is -1.56. The molecule has 0 saturated heterocycles. The Kier molecular flexibility index (Phi) is 2.52. The number of benzene rings is 1. The SMILES string of the molecule is O=C(NO)c1c(F)cc(F)cc1F. The zero-order valence-corrected chi connectivity index (χ0v) is 6.14. The van der Waals surface area contributed by atoms with Crippen molar-refractivity contribution in [3.8, 4) is 0 Å². The summed E-state index contributed by atoms with van der Waals surface area (Å²) in [5.41, 5.74) is 0.0168. The third kappa shape index (κ3) is 1.78. The molecule has 0 aromatic heterocycles. The van der Waals surface area contributed by atoms with Crippen molar-refractivity contribution in [2.75, 3.05) is 0 Å². The van der Waals surface area contributed by atoms with Crippen LogP contribution in [-0.4, -0.2) is 11.1 Å². The Bertz CT molecular complexity index is 331. The normalized spacial score (nSPS) is 9.85. The molecule has 0 spiro atoms. The maximum absolute atomic E-state index is 12.7. The van der Waals surface area contributed by atoms with Crippen molar-refractivity contribution in [3.63, 3.8) is 0 Å². The molecule has 0 aliphatic heterocycles. The van der Waals surface area contributed by atoms with E-state index >= 15 is 0 Å². The lowest BCUT2D eigenvalue weighted by Gasteiger charge is -2.01. The van der Waals surface area contributed by atoms with Crippen LogP contribution in [0.4, 0.5) is 13.2 Å². The standard InChI is InChI=1S/C7H4F3NO2/c8-3-1-4(9)6(5(10)2-3)7(12)11-13/h1-2,13H,(H,11,12). The molecule has 13 heavy (non-hydrogen) atoms. The molecule has 3 nitrogen and oxygen atoms in total. The van der Waals surface area contributed by atoms with E-state index in [2.05, 4.69) is 0 Å². The van der Waals surface area contributed by atoms with Crippen LogP contribution in [0.3, 0.4) is 0 Å². The number of carbonyl (C=O) groups excluding carboxylic acids is 1. The molecule has 1 amide bonds. The van der Waals surface area contributed by atoms with Crippen LogP contribution in [0.1, 0.15) is 10.4 Å². The first kappa shape index (κ1) is 9.53. The van der Waals surface area contributed by atoms with Crippen molar-refractivity contribution in [2.45, 2.75) is 0 Å². The van der Waals surface area contributed by atoms with Gasteiger partial charge in [-0.1, -0.05) is 0 Å². The second-order valence-corrected chi connectivity index (χ2v) is 2.19. The van der Waals surface area contributed by atoms with Gasteiger partial charge in [-0.25, -0.2) is 18.7 Å². The second-order valence-electron chi connectivity index (χ2n) is 2.19. The minimum absolute atomic E-state index is 0.341. The van der Waals surface area contributed by atoms with Gasteiger partial charge >= 0.3 is 0 Å². The average molecular weight is 191 g/mol. The third-order valence-electron chi connectivity index (χ3n) is 1.34. The fourth-order valence-corrected chi connectivity index (χ4v) is 0.815. The molecule has 1 aromatic rings. The van der Waals surface area contributed by atoms with Crippen LogP contribution in [0.15, 0.2) is 12.1 Å². The summed E-state index contributed by atoms with van der Waals surface area (Å²) in [6.07, 6.45) is 0. The molecule has 6 heteroatoms. The van der Waals surface area contributed by atoms with Crippen molar-refractivity contribution < 1.29 is 23.2 Å². The van der Waals surface area contributed by atoms with E-state index in [0.717, 1.165) is 5.48 Å². The first-order valence-corrected chi connectivity index (χ1v) is 3.15. The lowest BCUT2D eigenvalue weighted by atomic mass is 10.2. The van der Waals surface area contributed by atoms with E-state index in [1.807, 2.05) is 0 Å². The molecule has 0 unspecified atom stereocenters. The predicted octanol–water partition coefficient (Wildman–Crippen LogP) is 1.22. The lowest BCUT2D eigenvalue weighted by molar-refractivity contribution is 0.0696. The van der Waals surface area contributed by atoms with Crippen molar-refractivity contribution in [1.29, 1.82) is 0 Å². The number of nitrogens with one attached hydrogen (secondary N) is 1. The minimum Gasteiger partial charge on any atom is -0.288 e. The highest BCUT2D eigenvalue weighted by Crippen LogP contribution is 2.14. The summed E-state index contributed by atoms with van der Waals surface area (Å²) in [4.78, 5) is 10.6. The van der Waals surface area contributed by atoms with Gasteiger partial charge in [0.2, 0.25) is 0 Å². The van der Waals surface area contributed by atoms with Gasteiger partial charge in [0, 0.05) is 12.1 Å². The minimum atomic E-state index is -1.37. The predicted molar refractivity (Wildman–Crippen MR) is 35.6 cm³/mol. The topological polar surface area (TPSA) is 49.3 Å². The molecule has 2 N–H and O–H groups in total. The van der Waals surface area contributed by atoms with Gasteiger partial charge in [0.1, 0.15) is 23.0 Å². The highest BCUT2D eigenvalue weighted by Gasteiger charge is 2.17. The van der Waals surface area contributed by atoms with Gasteiger partial charge in [0.15, 0.2) is 0 Å². The summed E-state index contributed by atoms with van der Waals surface area (Å²) >= 11 is 0. The Labute approximate surface area is 70.8 Å². The monoisotopic (exact) mass is 191 g/mol. The number of halogens is 3. The molecule has 0 saturated carbocycles. The summed E-state index contributed by atoms with van der Waals surface area (Å²) < 4.78 is 37.7. The van der Waals surface area contributed by atoms with Gasteiger partial charge in [-0.3, -0.25) is 10.0 Å². The van der Waals surface area contributed by atoms with E-state index in [-0.39, 0.29) is 0 Å². The number of hydrogen-bond donors (Lipinski definition) is 2. The Morgan fingerprint density at radius 3 is 2.08 bits per heavy atom. The largest absolute Gasteiger partial charge is 0.288 e. The Balaban J connectivity index is 3.28. The zero-order chi connectivity index (χ0) is 10.0. The summed E-state index contributed by atoms with van der Waals surface area (Å²) in [6.45, 7) is 0. The van der Waals surface area contributed by atoms with Gasteiger partial charge in [-0.2, -0.15) is 0 Å². The van der Waals surface area contributed by atoms with Crippen molar-refractivity contribution in [2.24, 2.45) is 0 Å².